The van der Waals surface area contributed by atoms with Crippen molar-refractivity contribution in [2.75, 3.05) is 6.61 Å². The molecule has 106 valence electrons. The van der Waals surface area contributed by atoms with Gasteiger partial charge < -0.3 is 15.6 Å². The molecule has 0 fully saturated rings. The minimum Gasteiger partial charge on any atom is -0.481 e. The van der Waals surface area contributed by atoms with Crippen LogP contribution in [0.2, 0.25) is 0 Å². The lowest BCUT2D eigenvalue weighted by Gasteiger charge is -2.02. The monoisotopic (exact) mass is 271 g/mol. The molecule has 0 aliphatic rings. The molecule has 0 saturated heterocycles. The summed E-state index contributed by atoms with van der Waals surface area (Å²) >= 11 is 0. The molecule has 0 atom stereocenters. The van der Waals surface area contributed by atoms with Crippen LogP contribution in [0.3, 0.4) is 0 Å². The van der Waals surface area contributed by atoms with Crippen molar-refractivity contribution in [1.29, 1.82) is 0 Å². The van der Waals surface area contributed by atoms with Gasteiger partial charge in [0.25, 0.3) is 0 Å². The number of nitrogens with two attached hydrogens (primary N) is 1. The van der Waals surface area contributed by atoms with Crippen LogP contribution in [-0.4, -0.2) is 23.6 Å². The molecule has 1 aromatic rings. The number of hydrogen-bond acceptors (Lipinski definition) is 3. The molecule has 1 amide bonds. The zero-order chi connectivity index (χ0) is 14.7. The Labute approximate surface area is 111 Å². The summed E-state index contributed by atoms with van der Waals surface area (Å²) < 4.78 is 17.6. The third kappa shape index (κ3) is 10.9. The SMILES string of the molecule is CCC(=O)O.NC(=O)CCOCc1ccc(F)cc1. The number of carboxylic acid groups (broad SMARTS) is 1. The highest BCUT2D eigenvalue weighted by molar-refractivity contribution is 5.73. The van der Waals surface area contributed by atoms with Crippen molar-refractivity contribution in [3.8, 4) is 0 Å². The Morgan fingerprint density at radius 3 is 2.26 bits per heavy atom. The maximum Gasteiger partial charge on any atom is 0.303 e. The lowest BCUT2D eigenvalue weighted by atomic mass is 10.2. The number of carboxylic acids is 1. The lowest BCUT2D eigenvalue weighted by Crippen LogP contribution is -2.13. The van der Waals surface area contributed by atoms with E-state index in [-0.39, 0.29) is 24.6 Å². The van der Waals surface area contributed by atoms with E-state index in [0.29, 0.717) is 13.2 Å². The molecule has 0 unspecified atom stereocenters. The van der Waals surface area contributed by atoms with Crippen LogP contribution in [0.4, 0.5) is 4.39 Å². The fourth-order valence-electron chi connectivity index (χ4n) is 0.943. The molecule has 0 spiro atoms. The van der Waals surface area contributed by atoms with Gasteiger partial charge >= 0.3 is 5.97 Å². The molecule has 0 aliphatic carbocycles. The van der Waals surface area contributed by atoms with Crippen molar-refractivity contribution >= 4 is 11.9 Å². The second kappa shape index (κ2) is 10.0. The second-order valence-corrected chi connectivity index (χ2v) is 3.64. The van der Waals surface area contributed by atoms with Crippen molar-refractivity contribution in [2.24, 2.45) is 5.73 Å². The first-order valence-electron chi connectivity index (χ1n) is 5.78. The quantitative estimate of drug-likeness (QED) is 0.770. The van der Waals surface area contributed by atoms with E-state index in [1.807, 2.05) is 0 Å². The van der Waals surface area contributed by atoms with Crippen LogP contribution in [0.15, 0.2) is 24.3 Å². The molecule has 0 radical (unpaired) electrons. The van der Waals surface area contributed by atoms with Crippen molar-refractivity contribution in [3.05, 3.63) is 35.6 Å². The number of ether oxygens (including phenoxy) is 1. The normalized spacial score (nSPS) is 9.37. The number of benzene rings is 1. The highest BCUT2D eigenvalue weighted by Crippen LogP contribution is 2.04. The molecule has 0 aliphatic heterocycles. The zero-order valence-electron chi connectivity index (χ0n) is 10.8. The van der Waals surface area contributed by atoms with Crippen LogP contribution in [0.25, 0.3) is 0 Å². The summed E-state index contributed by atoms with van der Waals surface area (Å²) in [7, 11) is 0. The molecule has 6 heteroatoms. The summed E-state index contributed by atoms with van der Waals surface area (Å²) in [5.74, 6) is -1.40. The van der Waals surface area contributed by atoms with E-state index < -0.39 is 5.97 Å². The van der Waals surface area contributed by atoms with Gasteiger partial charge in [-0.05, 0) is 17.7 Å². The van der Waals surface area contributed by atoms with E-state index in [9.17, 15) is 14.0 Å². The van der Waals surface area contributed by atoms with Crippen LogP contribution >= 0.6 is 0 Å². The number of rotatable bonds is 6. The molecular weight excluding hydrogens is 253 g/mol. The van der Waals surface area contributed by atoms with Crippen molar-refractivity contribution in [2.45, 2.75) is 26.4 Å². The van der Waals surface area contributed by atoms with E-state index in [1.54, 1.807) is 19.1 Å². The fourth-order valence-corrected chi connectivity index (χ4v) is 0.943. The van der Waals surface area contributed by atoms with E-state index in [0.717, 1.165) is 5.56 Å². The van der Waals surface area contributed by atoms with Gasteiger partial charge in [-0.15, -0.1) is 0 Å². The molecule has 0 saturated carbocycles. The average Bonchev–Trinajstić information content (AvgIpc) is 2.37. The van der Waals surface area contributed by atoms with Crippen molar-refractivity contribution in [1.82, 2.24) is 0 Å². The average molecular weight is 271 g/mol. The van der Waals surface area contributed by atoms with Gasteiger partial charge in [-0.2, -0.15) is 0 Å². The van der Waals surface area contributed by atoms with E-state index in [4.69, 9.17) is 15.6 Å². The van der Waals surface area contributed by atoms with Crippen molar-refractivity contribution in [3.63, 3.8) is 0 Å². The van der Waals surface area contributed by atoms with Crippen LogP contribution in [0, 0.1) is 5.82 Å². The summed E-state index contributed by atoms with van der Waals surface area (Å²) in [6, 6.07) is 6.01. The first-order chi connectivity index (χ1) is 8.95. The maximum absolute atomic E-state index is 12.5. The van der Waals surface area contributed by atoms with Crippen LogP contribution in [0.1, 0.15) is 25.3 Å². The Kier molecular flexibility index (Phi) is 8.99. The van der Waals surface area contributed by atoms with Crippen molar-refractivity contribution < 1.29 is 23.8 Å². The number of hydrogen-bond donors (Lipinski definition) is 2. The molecule has 1 rings (SSSR count). The maximum atomic E-state index is 12.5. The minimum absolute atomic E-state index is 0.210. The molecule has 3 N–H and O–H groups in total. The van der Waals surface area contributed by atoms with Gasteiger partial charge in [0.05, 0.1) is 13.2 Å². The number of primary amides is 1. The first-order valence-corrected chi connectivity index (χ1v) is 5.78. The van der Waals surface area contributed by atoms with Crippen LogP contribution in [-0.2, 0) is 20.9 Å². The first kappa shape index (κ1) is 17.1. The lowest BCUT2D eigenvalue weighted by molar-refractivity contribution is -0.136. The Hall–Kier alpha value is -1.95. The van der Waals surface area contributed by atoms with E-state index in [1.165, 1.54) is 12.1 Å². The van der Waals surface area contributed by atoms with Gasteiger partial charge in [0.1, 0.15) is 5.82 Å². The zero-order valence-corrected chi connectivity index (χ0v) is 10.8. The fraction of sp³-hybridized carbons (Fsp3) is 0.385. The summed E-state index contributed by atoms with van der Waals surface area (Å²) in [5, 5.41) is 7.72. The topological polar surface area (TPSA) is 89.6 Å². The standard InChI is InChI=1S/C10H12FNO2.C3H6O2/c11-9-3-1-8(2-4-9)7-14-6-5-10(12)13;1-2-3(4)5/h1-4H,5-7H2,(H2,12,13);2H2,1H3,(H,4,5). The molecular formula is C13H18FNO4. The third-order valence-electron chi connectivity index (χ3n) is 1.98. The Balaban J connectivity index is 0.000000555. The number of aliphatic carboxylic acids is 1. The third-order valence-corrected chi connectivity index (χ3v) is 1.98. The highest BCUT2D eigenvalue weighted by Gasteiger charge is 1.96. The van der Waals surface area contributed by atoms with Gasteiger partial charge in [0.15, 0.2) is 0 Å². The molecule has 0 bridgehead atoms. The molecule has 1 aromatic carbocycles. The van der Waals surface area contributed by atoms with Gasteiger partial charge in [-0.25, -0.2) is 4.39 Å². The molecule has 5 nitrogen and oxygen atoms in total. The predicted octanol–water partition coefficient (Wildman–Crippen LogP) is 1.70. The minimum atomic E-state index is -0.745. The Morgan fingerprint density at radius 1 is 1.32 bits per heavy atom. The smallest absolute Gasteiger partial charge is 0.303 e. The number of carbonyl (C=O) groups excluding carboxylic acids is 1. The van der Waals surface area contributed by atoms with E-state index in [2.05, 4.69) is 0 Å². The molecule has 0 aromatic heterocycles. The summed E-state index contributed by atoms with van der Waals surface area (Å²) in [6.45, 7) is 2.27. The van der Waals surface area contributed by atoms with Gasteiger partial charge in [-0.3, -0.25) is 9.59 Å². The van der Waals surface area contributed by atoms with Crippen LogP contribution in [0.5, 0.6) is 0 Å². The molecule has 19 heavy (non-hydrogen) atoms. The summed E-state index contributed by atoms with van der Waals surface area (Å²) in [5.41, 5.74) is 5.79. The number of halogens is 1. The van der Waals surface area contributed by atoms with Gasteiger partial charge in [-0.1, -0.05) is 19.1 Å². The summed E-state index contributed by atoms with van der Waals surface area (Å²) in [6.07, 6.45) is 0.432. The number of amides is 1. The molecule has 0 heterocycles. The summed E-state index contributed by atoms with van der Waals surface area (Å²) in [4.78, 5) is 19.7. The Bertz CT molecular complexity index is 392. The van der Waals surface area contributed by atoms with Gasteiger partial charge in [0.2, 0.25) is 5.91 Å². The van der Waals surface area contributed by atoms with Crippen LogP contribution < -0.4 is 5.73 Å². The number of carbonyl (C=O) groups is 2. The second-order valence-electron chi connectivity index (χ2n) is 3.64. The predicted molar refractivity (Wildman–Crippen MR) is 67.8 cm³/mol. The highest BCUT2D eigenvalue weighted by atomic mass is 19.1. The largest absolute Gasteiger partial charge is 0.481 e. The van der Waals surface area contributed by atoms with E-state index >= 15 is 0 Å². The van der Waals surface area contributed by atoms with Gasteiger partial charge in [0, 0.05) is 12.8 Å². The Morgan fingerprint density at radius 2 is 1.84 bits per heavy atom.